The number of hydrogen-bond acceptors (Lipinski definition) is 5. The lowest BCUT2D eigenvalue weighted by atomic mass is 9.90. The molecule has 2 saturated heterocycles. The summed E-state index contributed by atoms with van der Waals surface area (Å²) in [6.07, 6.45) is 3.77. The molecule has 4 aromatic rings. The number of halogens is 1. The van der Waals surface area contributed by atoms with Crippen molar-refractivity contribution < 1.29 is 13.9 Å². The number of aromatic nitrogens is 4. The van der Waals surface area contributed by atoms with E-state index >= 15 is 4.39 Å². The third-order valence-electron chi connectivity index (χ3n) is 7.80. The van der Waals surface area contributed by atoms with Gasteiger partial charge in [0.25, 0.3) is 5.91 Å². The Morgan fingerprint density at radius 2 is 2.00 bits per heavy atom. The SMILES string of the molecule is Cc1c2c(nn1C)C(=O)N(c1ccc3nc[nH]c3c1)C2c1ccc(N2CC3(CCCO3)C2)cc1F. The van der Waals surface area contributed by atoms with Gasteiger partial charge in [-0.3, -0.25) is 14.4 Å². The summed E-state index contributed by atoms with van der Waals surface area (Å²) < 4.78 is 23.4. The van der Waals surface area contributed by atoms with Crippen LogP contribution in [0.25, 0.3) is 11.0 Å². The lowest BCUT2D eigenvalue weighted by molar-refractivity contribution is -0.0180. The summed E-state index contributed by atoms with van der Waals surface area (Å²) in [5.41, 5.74) is 5.47. The van der Waals surface area contributed by atoms with Crippen molar-refractivity contribution in [3.8, 4) is 0 Å². The summed E-state index contributed by atoms with van der Waals surface area (Å²) in [4.78, 5) is 24.8. The molecule has 0 bridgehead atoms. The van der Waals surface area contributed by atoms with Gasteiger partial charge in [-0.05, 0) is 50.1 Å². The minimum atomic E-state index is -0.610. The highest BCUT2D eigenvalue weighted by Crippen LogP contribution is 2.45. The van der Waals surface area contributed by atoms with Crippen LogP contribution in [0.1, 0.15) is 46.2 Å². The van der Waals surface area contributed by atoms with E-state index in [1.165, 1.54) is 0 Å². The summed E-state index contributed by atoms with van der Waals surface area (Å²) >= 11 is 0. The zero-order chi connectivity index (χ0) is 23.9. The molecule has 178 valence electrons. The molecule has 1 amide bonds. The quantitative estimate of drug-likeness (QED) is 0.490. The average molecular weight is 473 g/mol. The molecule has 9 heteroatoms. The number of amides is 1. The largest absolute Gasteiger partial charge is 0.371 e. The zero-order valence-electron chi connectivity index (χ0n) is 19.6. The lowest BCUT2D eigenvalue weighted by Crippen LogP contribution is -2.61. The van der Waals surface area contributed by atoms with Crippen molar-refractivity contribution in [1.82, 2.24) is 19.7 Å². The van der Waals surface area contributed by atoms with Crippen molar-refractivity contribution in [3.05, 3.63) is 71.1 Å². The van der Waals surface area contributed by atoms with Gasteiger partial charge in [0.15, 0.2) is 5.69 Å². The van der Waals surface area contributed by atoms with Gasteiger partial charge in [0.05, 0.1) is 23.4 Å². The molecule has 3 aliphatic heterocycles. The topological polar surface area (TPSA) is 79.3 Å². The van der Waals surface area contributed by atoms with E-state index in [0.29, 0.717) is 16.9 Å². The Balaban J connectivity index is 1.30. The second-order valence-electron chi connectivity index (χ2n) is 9.85. The van der Waals surface area contributed by atoms with Crippen LogP contribution in [-0.4, -0.2) is 51.0 Å². The van der Waals surface area contributed by atoms with Crippen LogP contribution in [0, 0.1) is 12.7 Å². The molecule has 2 aromatic heterocycles. The van der Waals surface area contributed by atoms with Crippen LogP contribution in [0.15, 0.2) is 42.7 Å². The number of anilines is 2. The van der Waals surface area contributed by atoms with E-state index in [9.17, 15) is 4.79 Å². The minimum absolute atomic E-state index is 0.0587. The zero-order valence-corrected chi connectivity index (χ0v) is 19.6. The van der Waals surface area contributed by atoms with Gasteiger partial charge >= 0.3 is 0 Å². The number of aryl methyl sites for hydroxylation is 1. The molecular weight excluding hydrogens is 447 g/mol. The van der Waals surface area contributed by atoms with E-state index in [1.54, 1.807) is 22.0 Å². The van der Waals surface area contributed by atoms with Gasteiger partial charge in [0, 0.05) is 54.9 Å². The second kappa shape index (κ2) is 7.14. The summed E-state index contributed by atoms with van der Waals surface area (Å²) in [5.74, 6) is -0.573. The molecule has 35 heavy (non-hydrogen) atoms. The predicted molar refractivity (Wildman–Crippen MR) is 129 cm³/mol. The van der Waals surface area contributed by atoms with E-state index in [0.717, 1.165) is 60.5 Å². The van der Waals surface area contributed by atoms with E-state index in [4.69, 9.17) is 4.74 Å². The standard InChI is InChI=1S/C26H25FN6O2/c1-15-22-23(30-31(15)2)25(34)33(17-5-7-20-21(11-17)29-14-28-20)24(22)18-6-4-16(10-19(18)27)32-12-26(13-32)8-3-9-35-26/h4-7,10-11,14,24H,3,8-9,12-13H2,1-2H3,(H,28,29). The second-order valence-corrected chi connectivity index (χ2v) is 9.85. The molecule has 7 rings (SSSR count). The van der Waals surface area contributed by atoms with Crippen molar-refractivity contribution in [3.63, 3.8) is 0 Å². The highest BCUT2D eigenvalue weighted by molar-refractivity contribution is 6.11. The fourth-order valence-electron chi connectivity index (χ4n) is 5.88. The van der Waals surface area contributed by atoms with Gasteiger partial charge in [-0.1, -0.05) is 6.07 Å². The molecule has 2 fully saturated rings. The Morgan fingerprint density at radius 3 is 2.77 bits per heavy atom. The fraction of sp³-hybridized carbons (Fsp3) is 0.346. The van der Waals surface area contributed by atoms with Gasteiger partial charge in [-0.2, -0.15) is 5.10 Å². The number of nitrogens with one attached hydrogen (secondary N) is 1. The normalized spacial score (nSPS) is 20.8. The van der Waals surface area contributed by atoms with Crippen LogP contribution in [0.4, 0.5) is 15.8 Å². The Labute approximate surface area is 201 Å². The van der Waals surface area contributed by atoms with E-state index < -0.39 is 6.04 Å². The van der Waals surface area contributed by atoms with Crippen LogP contribution in [0.5, 0.6) is 0 Å². The Hall–Kier alpha value is -3.72. The molecule has 1 unspecified atom stereocenters. The molecule has 2 aromatic carbocycles. The number of hydrogen-bond donors (Lipinski definition) is 1. The highest BCUT2D eigenvalue weighted by Gasteiger charge is 2.47. The van der Waals surface area contributed by atoms with Crippen LogP contribution in [0.3, 0.4) is 0 Å². The number of aromatic amines is 1. The molecule has 0 radical (unpaired) electrons. The summed E-state index contributed by atoms with van der Waals surface area (Å²) in [7, 11) is 1.81. The maximum Gasteiger partial charge on any atom is 0.280 e. The third-order valence-corrected chi connectivity index (χ3v) is 7.80. The Kier molecular flexibility index (Phi) is 4.21. The molecule has 3 aliphatic rings. The number of carbonyl (C=O) groups excluding carboxylic acids is 1. The van der Waals surface area contributed by atoms with Crippen LogP contribution in [0.2, 0.25) is 0 Å². The first-order valence-corrected chi connectivity index (χ1v) is 11.9. The van der Waals surface area contributed by atoms with Crippen molar-refractivity contribution in [2.24, 2.45) is 7.05 Å². The monoisotopic (exact) mass is 472 g/mol. The first-order chi connectivity index (χ1) is 16.9. The Morgan fingerprint density at radius 1 is 1.17 bits per heavy atom. The van der Waals surface area contributed by atoms with E-state index in [2.05, 4.69) is 20.0 Å². The number of carbonyl (C=O) groups is 1. The molecular formula is C26H25FN6O2. The minimum Gasteiger partial charge on any atom is -0.371 e. The van der Waals surface area contributed by atoms with E-state index in [1.807, 2.05) is 44.3 Å². The summed E-state index contributed by atoms with van der Waals surface area (Å²) in [5, 5.41) is 4.47. The van der Waals surface area contributed by atoms with Crippen molar-refractivity contribution in [2.45, 2.75) is 31.4 Å². The fourth-order valence-corrected chi connectivity index (χ4v) is 5.88. The number of H-pyrrole nitrogens is 1. The molecule has 1 atom stereocenters. The molecule has 1 N–H and O–H groups in total. The molecule has 0 aliphatic carbocycles. The maximum atomic E-state index is 15.8. The van der Waals surface area contributed by atoms with E-state index in [-0.39, 0.29) is 17.3 Å². The lowest BCUT2D eigenvalue weighted by Gasteiger charge is -2.48. The van der Waals surface area contributed by atoms with Crippen LogP contribution >= 0.6 is 0 Å². The van der Waals surface area contributed by atoms with Crippen LogP contribution in [-0.2, 0) is 11.8 Å². The number of fused-ring (bicyclic) bond motifs is 2. The number of benzene rings is 2. The maximum absolute atomic E-state index is 15.8. The first kappa shape index (κ1) is 20.6. The third kappa shape index (κ3) is 2.91. The van der Waals surface area contributed by atoms with Gasteiger partial charge < -0.3 is 14.6 Å². The number of imidazole rings is 1. The smallest absolute Gasteiger partial charge is 0.280 e. The number of nitrogens with zero attached hydrogens (tertiary/aromatic N) is 5. The van der Waals surface area contributed by atoms with Crippen molar-refractivity contribution in [2.75, 3.05) is 29.5 Å². The predicted octanol–water partition coefficient (Wildman–Crippen LogP) is 3.86. The molecule has 0 saturated carbocycles. The van der Waals surface area contributed by atoms with Gasteiger partial charge in [-0.25, -0.2) is 9.37 Å². The molecule has 8 nitrogen and oxygen atoms in total. The average Bonchev–Trinajstić information content (AvgIpc) is 3.59. The molecule has 1 spiro atoms. The highest BCUT2D eigenvalue weighted by atomic mass is 19.1. The van der Waals surface area contributed by atoms with Gasteiger partial charge in [0.1, 0.15) is 11.4 Å². The Bertz CT molecular complexity index is 1490. The van der Waals surface area contributed by atoms with Crippen molar-refractivity contribution in [1.29, 1.82) is 0 Å². The number of ether oxygens (including phenoxy) is 1. The van der Waals surface area contributed by atoms with Gasteiger partial charge in [-0.15, -0.1) is 0 Å². The van der Waals surface area contributed by atoms with Crippen LogP contribution < -0.4 is 9.80 Å². The van der Waals surface area contributed by atoms with Gasteiger partial charge in [0.2, 0.25) is 0 Å². The van der Waals surface area contributed by atoms with Crippen molar-refractivity contribution >= 4 is 28.3 Å². The molecule has 5 heterocycles. The summed E-state index contributed by atoms with van der Waals surface area (Å²) in [6, 6.07) is 10.3. The number of rotatable bonds is 3. The first-order valence-electron chi connectivity index (χ1n) is 11.9. The summed E-state index contributed by atoms with van der Waals surface area (Å²) in [6.45, 7) is 4.30.